The Morgan fingerprint density at radius 2 is 2.04 bits per heavy atom. The molecule has 1 aliphatic heterocycles. The molecule has 1 atom stereocenters. The second-order valence-electron chi connectivity index (χ2n) is 6.71. The van der Waals surface area contributed by atoms with Crippen molar-refractivity contribution in [3.8, 4) is 17.0 Å². The average Bonchev–Trinajstić information content (AvgIpc) is 3.22. The molecule has 1 fully saturated rings. The highest BCUT2D eigenvalue weighted by Crippen LogP contribution is 2.24. The molecule has 3 heterocycles. The lowest BCUT2D eigenvalue weighted by Crippen LogP contribution is -2.46. The van der Waals surface area contributed by atoms with Crippen molar-refractivity contribution in [2.45, 2.75) is 25.4 Å². The van der Waals surface area contributed by atoms with Gasteiger partial charge >= 0.3 is 0 Å². The molecular formula is C20H24N6O. The molecule has 140 valence electrons. The highest BCUT2D eigenvalue weighted by Gasteiger charge is 2.21. The third kappa shape index (κ3) is 4.09. The predicted octanol–water partition coefficient (Wildman–Crippen LogP) is 2.63. The Bertz CT molecular complexity index is 848. The number of anilines is 1. The minimum Gasteiger partial charge on any atom is -0.497 e. The zero-order valence-corrected chi connectivity index (χ0v) is 15.4. The Morgan fingerprint density at radius 3 is 2.81 bits per heavy atom. The maximum absolute atomic E-state index is 5.24. The molecule has 0 bridgehead atoms. The summed E-state index contributed by atoms with van der Waals surface area (Å²) in [5.74, 6) is 1.66. The van der Waals surface area contributed by atoms with E-state index < -0.39 is 0 Å². The molecule has 1 unspecified atom stereocenters. The Labute approximate surface area is 158 Å². The van der Waals surface area contributed by atoms with Crippen molar-refractivity contribution in [2.24, 2.45) is 0 Å². The Balaban J connectivity index is 1.40. The summed E-state index contributed by atoms with van der Waals surface area (Å²) in [5.41, 5.74) is 3.31. The van der Waals surface area contributed by atoms with Crippen molar-refractivity contribution in [3.63, 3.8) is 0 Å². The van der Waals surface area contributed by atoms with Gasteiger partial charge in [-0.3, -0.25) is 5.10 Å². The van der Waals surface area contributed by atoms with Gasteiger partial charge in [0, 0.05) is 49.2 Å². The molecule has 0 amide bonds. The summed E-state index contributed by atoms with van der Waals surface area (Å²) in [5, 5.41) is 11.0. The van der Waals surface area contributed by atoms with Crippen LogP contribution < -0.4 is 15.0 Å². The molecule has 0 aliphatic carbocycles. The number of rotatable bonds is 6. The van der Waals surface area contributed by atoms with Gasteiger partial charge in [0.25, 0.3) is 0 Å². The van der Waals surface area contributed by atoms with Crippen molar-refractivity contribution < 1.29 is 4.74 Å². The van der Waals surface area contributed by atoms with Gasteiger partial charge in [-0.1, -0.05) is 0 Å². The van der Waals surface area contributed by atoms with Crippen molar-refractivity contribution in [1.82, 2.24) is 25.5 Å². The number of H-pyrrole nitrogens is 1. The van der Waals surface area contributed by atoms with Gasteiger partial charge in [-0.25, -0.2) is 9.97 Å². The summed E-state index contributed by atoms with van der Waals surface area (Å²) >= 11 is 0. The number of nitrogens with one attached hydrogen (secondary N) is 2. The van der Waals surface area contributed by atoms with Crippen LogP contribution in [0.1, 0.15) is 18.4 Å². The molecule has 7 heteroatoms. The number of hydrogen-bond acceptors (Lipinski definition) is 6. The molecule has 1 saturated heterocycles. The number of nitrogens with zero attached hydrogens (tertiary/aromatic N) is 4. The van der Waals surface area contributed by atoms with Gasteiger partial charge in [-0.05, 0) is 43.2 Å². The summed E-state index contributed by atoms with van der Waals surface area (Å²) in [7, 11) is 1.68. The predicted molar refractivity (Wildman–Crippen MR) is 105 cm³/mol. The van der Waals surface area contributed by atoms with E-state index in [1.54, 1.807) is 19.5 Å². The largest absolute Gasteiger partial charge is 0.497 e. The zero-order valence-electron chi connectivity index (χ0n) is 15.4. The molecular weight excluding hydrogens is 340 g/mol. The maximum atomic E-state index is 5.24. The normalized spacial score (nSPS) is 17.1. The third-order valence-electron chi connectivity index (χ3n) is 4.93. The number of ether oxygens (including phenoxy) is 1. The SMILES string of the molecule is COc1ccc(-c2[nH]ncc2CNC2CCCN(c3ncccn3)C2)cc1. The summed E-state index contributed by atoms with van der Waals surface area (Å²) < 4.78 is 5.24. The minimum absolute atomic E-state index is 0.404. The van der Waals surface area contributed by atoms with Gasteiger partial charge in [0.15, 0.2) is 0 Å². The van der Waals surface area contributed by atoms with Crippen LogP contribution in [0.2, 0.25) is 0 Å². The van der Waals surface area contributed by atoms with Crippen molar-refractivity contribution in [3.05, 3.63) is 54.5 Å². The van der Waals surface area contributed by atoms with Crippen molar-refractivity contribution >= 4 is 5.95 Å². The summed E-state index contributed by atoms with van der Waals surface area (Å²) in [6, 6.07) is 10.3. The molecule has 0 spiro atoms. The molecule has 2 aromatic heterocycles. The summed E-state index contributed by atoms with van der Waals surface area (Å²) in [6.07, 6.45) is 7.77. The van der Waals surface area contributed by atoms with E-state index >= 15 is 0 Å². The van der Waals surface area contributed by atoms with E-state index in [4.69, 9.17) is 4.74 Å². The van der Waals surface area contributed by atoms with Crippen molar-refractivity contribution in [2.75, 3.05) is 25.1 Å². The van der Waals surface area contributed by atoms with Gasteiger partial charge in [0.2, 0.25) is 5.95 Å². The van der Waals surface area contributed by atoms with Gasteiger partial charge in [0.1, 0.15) is 5.75 Å². The van der Waals surface area contributed by atoms with Gasteiger partial charge in [-0.2, -0.15) is 5.10 Å². The maximum Gasteiger partial charge on any atom is 0.225 e. The van der Waals surface area contributed by atoms with Crippen LogP contribution >= 0.6 is 0 Å². The number of aromatic amines is 1. The Kier molecular flexibility index (Phi) is 5.29. The van der Waals surface area contributed by atoms with E-state index in [1.165, 1.54) is 0 Å². The molecule has 2 N–H and O–H groups in total. The van der Waals surface area contributed by atoms with E-state index in [0.717, 1.165) is 61.0 Å². The molecule has 0 radical (unpaired) electrons. The molecule has 27 heavy (non-hydrogen) atoms. The van der Waals surface area contributed by atoms with Crippen LogP contribution in [0, 0.1) is 0 Å². The van der Waals surface area contributed by atoms with E-state index in [0.29, 0.717) is 6.04 Å². The van der Waals surface area contributed by atoms with Crippen LogP contribution in [0.3, 0.4) is 0 Å². The van der Waals surface area contributed by atoms with Crippen LogP contribution in [0.15, 0.2) is 48.9 Å². The third-order valence-corrected chi connectivity index (χ3v) is 4.93. The smallest absolute Gasteiger partial charge is 0.225 e. The van der Waals surface area contributed by atoms with E-state index in [9.17, 15) is 0 Å². The van der Waals surface area contributed by atoms with Gasteiger partial charge < -0.3 is 15.0 Å². The fourth-order valence-corrected chi connectivity index (χ4v) is 3.49. The monoisotopic (exact) mass is 364 g/mol. The number of benzene rings is 1. The molecule has 7 nitrogen and oxygen atoms in total. The first kappa shape index (κ1) is 17.5. The summed E-state index contributed by atoms with van der Waals surface area (Å²) in [6.45, 7) is 2.69. The molecule has 3 aromatic rings. The molecule has 1 aromatic carbocycles. The van der Waals surface area contributed by atoms with Crippen LogP contribution in [0.4, 0.5) is 5.95 Å². The van der Waals surface area contributed by atoms with E-state index in [2.05, 4.69) is 30.4 Å². The second-order valence-corrected chi connectivity index (χ2v) is 6.71. The first-order chi connectivity index (χ1) is 13.3. The zero-order chi connectivity index (χ0) is 18.5. The van der Waals surface area contributed by atoms with E-state index in [1.807, 2.05) is 36.5 Å². The van der Waals surface area contributed by atoms with Gasteiger partial charge in [0.05, 0.1) is 19.0 Å². The number of piperidine rings is 1. The van der Waals surface area contributed by atoms with Crippen LogP contribution in [-0.2, 0) is 6.54 Å². The van der Waals surface area contributed by atoms with Crippen LogP contribution in [-0.4, -0.2) is 46.4 Å². The highest BCUT2D eigenvalue weighted by atomic mass is 16.5. The number of methoxy groups -OCH3 is 1. The lowest BCUT2D eigenvalue weighted by atomic mass is 10.0. The minimum atomic E-state index is 0.404. The molecule has 0 saturated carbocycles. The standard InChI is InChI=1S/C20H24N6O/c1-27-18-7-5-15(6-8-18)19-16(13-24-25-19)12-23-17-4-2-11-26(14-17)20-21-9-3-10-22-20/h3,5-10,13,17,23H,2,4,11-12,14H2,1H3,(H,24,25). The number of hydrogen-bond donors (Lipinski definition) is 2. The lowest BCUT2D eigenvalue weighted by Gasteiger charge is -2.33. The first-order valence-electron chi connectivity index (χ1n) is 9.25. The number of aromatic nitrogens is 4. The molecule has 1 aliphatic rings. The average molecular weight is 364 g/mol. The Morgan fingerprint density at radius 1 is 1.22 bits per heavy atom. The quantitative estimate of drug-likeness (QED) is 0.700. The van der Waals surface area contributed by atoms with Gasteiger partial charge in [-0.15, -0.1) is 0 Å². The van der Waals surface area contributed by atoms with Crippen LogP contribution in [0.25, 0.3) is 11.3 Å². The van der Waals surface area contributed by atoms with E-state index in [-0.39, 0.29) is 0 Å². The fourth-order valence-electron chi connectivity index (χ4n) is 3.49. The summed E-state index contributed by atoms with van der Waals surface area (Å²) in [4.78, 5) is 11.0. The molecule has 4 rings (SSSR count). The first-order valence-corrected chi connectivity index (χ1v) is 9.25. The second kappa shape index (κ2) is 8.18. The fraction of sp³-hybridized carbons (Fsp3) is 0.350. The highest BCUT2D eigenvalue weighted by molar-refractivity contribution is 5.63. The topological polar surface area (TPSA) is 79.0 Å². The lowest BCUT2D eigenvalue weighted by molar-refractivity contribution is 0.415. The van der Waals surface area contributed by atoms with Crippen LogP contribution in [0.5, 0.6) is 5.75 Å². The van der Waals surface area contributed by atoms with Crippen molar-refractivity contribution in [1.29, 1.82) is 0 Å². The Hall–Kier alpha value is -2.93.